The Bertz CT molecular complexity index is 809. The van der Waals surface area contributed by atoms with E-state index in [1.165, 1.54) is 0 Å². The normalized spacial score (nSPS) is 10.6. The SMILES string of the molecule is Cn1cc(-c2cncc(CNC(=O)c3ccc(Br)o3)c2)cn1. The summed E-state index contributed by atoms with van der Waals surface area (Å²) in [5.41, 5.74) is 2.85. The van der Waals surface area contributed by atoms with E-state index in [0.717, 1.165) is 16.7 Å². The fraction of sp³-hybridized carbons (Fsp3) is 0.133. The van der Waals surface area contributed by atoms with Gasteiger partial charge in [0.15, 0.2) is 10.4 Å². The summed E-state index contributed by atoms with van der Waals surface area (Å²) in [4.78, 5) is 16.1. The molecule has 1 amide bonds. The number of nitrogens with one attached hydrogen (secondary N) is 1. The van der Waals surface area contributed by atoms with Gasteiger partial charge in [0.25, 0.3) is 5.91 Å². The van der Waals surface area contributed by atoms with Crippen molar-refractivity contribution in [1.29, 1.82) is 0 Å². The number of aryl methyl sites for hydroxylation is 1. The van der Waals surface area contributed by atoms with E-state index >= 15 is 0 Å². The molecule has 0 aromatic carbocycles. The molecule has 0 fully saturated rings. The van der Waals surface area contributed by atoms with Gasteiger partial charge in [-0.15, -0.1) is 0 Å². The van der Waals surface area contributed by atoms with E-state index in [-0.39, 0.29) is 11.7 Å². The van der Waals surface area contributed by atoms with Crippen molar-refractivity contribution in [2.24, 2.45) is 7.05 Å². The van der Waals surface area contributed by atoms with Crippen molar-refractivity contribution < 1.29 is 9.21 Å². The van der Waals surface area contributed by atoms with Gasteiger partial charge in [-0.3, -0.25) is 14.5 Å². The predicted molar refractivity (Wildman–Crippen MR) is 84.0 cm³/mol. The predicted octanol–water partition coefficient (Wildman–Crippen LogP) is 2.77. The van der Waals surface area contributed by atoms with Crippen molar-refractivity contribution in [3.05, 3.63) is 59.0 Å². The second kappa shape index (κ2) is 6.15. The highest BCUT2D eigenvalue weighted by molar-refractivity contribution is 9.10. The highest BCUT2D eigenvalue weighted by Crippen LogP contribution is 2.18. The van der Waals surface area contributed by atoms with Gasteiger partial charge < -0.3 is 9.73 Å². The van der Waals surface area contributed by atoms with Crippen LogP contribution in [0.2, 0.25) is 0 Å². The van der Waals surface area contributed by atoms with Crippen LogP contribution in [0, 0.1) is 0 Å². The van der Waals surface area contributed by atoms with Crippen LogP contribution >= 0.6 is 15.9 Å². The Kier molecular flexibility index (Phi) is 4.06. The molecule has 0 aliphatic carbocycles. The molecule has 22 heavy (non-hydrogen) atoms. The average molecular weight is 361 g/mol. The first-order valence-electron chi connectivity index (χ1n) is 6.58. The maximum Gasteiger partial charge on any atom is 0.287 e. The molecule has 0 unspecified atom stereocenters. The van der Waals surface area contributed by atoms with Gasteiger partial charge in [0.05, 0.1) is 6.20 Å². The number of rotatable bonds is 4. The lowest BCUT2D eigenvalue weighted by atomic mass is 10.1. The molecule has 0 spiro atoms. The number of pyridine rings is 1. The first-order chi connectivity index (χ1) is 10.6. The van der Waals surface area contributed by atoms with Crippen LogP contribution in [0.4, 0.5) is 0 Å². The fourth-order valence-corrected chi connectivity index (χ4v) is 2.32. The topological polar surface area (TPSA) is 73.0 Å². The Morgan fingerprint density at radius 2 is 2.18 bits per heavy atom. The number of halogens is 1. The molecule has 0 saturated carbocycles. The molecular weight excluding hydrogens is 348 g/mol. The highest BCUT2D eigenvalue weighted by Gasteiger charge is 2.10. The molecule has 0 atom stereocenters. The fourth-order valence-electron chi connectivity index (χ4n) is 2.02. The average Bonchev–Trinajstić information content (AvgIpc) is 3.14. The van der Waals surface area contributed by atoms with Gasteiger partial charge in [-0.2, -0.15) is 5.10 Å². The summed E-state index contributed by atoms with van der Waals surface area (Å²) in [6.45, 7) is 0.373. The van der Waals surface area contributed by atoms with Crippen LogP contribution in [0.5, 0.6) is 0 Å². The molecule has 3 aromatic heterocycles. The third-order valence-corrected chi connectivity index (χ3v) is 3.51. The summed E-state index contributed by atoms with van der Waals surface area (Å²) in [6.07, 6.45) is 7.18. The lowest BCUT2D eigenvalue weighted by molar-refractivity contribution is 0.0922. The van der Waals surface area contributed by atoms with Crippen molar-refractivity contribution in [2.45, 2.75) is 6.54 Å². The van der Waals surface area contributed by atoms with Gasteiger partial charge in [-0.05, 0) is 39.7 Å². The highest BCUT2D eigenvalue weighted by atomic mass is 79.9. The summed E-state index contributed by atoms with van der Waals surface area (Å²) < 4.78 is 7.47. The molecule has 112 valence electrons. The number of carbonyl (C=O) groups is 1. The van der Waals surface area contributed by atoms with E-state index in [1.54, 1.807) is 35.4 Å². The summed E-state index contributed by atoms with van der Waals surface area (Å²) in [5, 5.41) is 6.94. The van der Waals surface area contributed by atoms with E-state index in [2.05, 4.69) is 31.3 Å². The molecule has 3 aromatic rings. The molecule has 7 heteroatoms. The van der Waals surface area contributed by atoms with Gasteiger partial charge in [0, 0.05) is 43.3 Å². The van der Waals surface area contributed by atoms with Crippen LogP contribution in [0.1, 0.15) is 16.1 Å². The molecule has 0 radical (unpaired) electrons. The number of nitrogens with zero attached hydrogens (tertiary/aromatic N) is 3. The summed E-state index contributed by atoms with van der Waals surface area (Å²) >= 11 is 3.17. The Morgan fingerprint density at radius 1 is 1.32 bits per heavy atom. The minimum Gasteiger partial charge on any atom is -0.444 e. The molecule has 1 N–H and O–H groups in total. The van der Waals surface area contributed by atoms with Gasteiger partial charge in [-0.25, -0.2) is 0 Å². The van der Waals surface area contributed by atoms with Crippen LogP contribution in [0.25, 0.3) is 11.1 Å². The number of carbonyl (C=O) groups excluding carboxylic acids is 1. The maximum absolute atomic E-state index is 11.9. The Hall–Kier alpha value is -2.41. The van der Waals surface area contributed by atoms with Crippen LogP contribution in [0.15, 0.2) is 52.1 Å². The molecule has 0 bridgehead atoms. The minimum atomic E-state index is -0.266. The third-order valence-electron chi connectivity index (χ3n) is 3.08. The van der Waals surface area contributed by atoms with Crippen LogP contribution in [0.3, 0.4) is 0 Å². The lowest BCUT2D eigenvalue weighted by Crippen LogP contribution is -2.22. The van der Waals surface area contributed by atoms with Gasteiger partial charge >= 0.3 is 0 Å². The van der Waals surface area contributed by atoms with E-state index in [1.807, 2.05) is 19.3 Å². The van der Waals surface area contributed by atoms with Crippen LogP contribution in [-0.2, 0) is 13.6 Å². The second-order valence-corrected chi connectivity index (χ2v) is 5.55. The van der Waals surface area contributed by atoms with Crippen molar-refractivity contribution in [2.75, 3.05) is 0 Å². The summed E-state index contributed by atoms with van der Waals surface area (Å²) in [6, 6.07) is 5.27. The standard InChI is InChI=1S/C15H13BrN4O2/c1-20-9-12(8-19-20)11-4-10(5-17-7-11)6-18-15(21)13-2-3-14(16)22-13/h2-5,7-9H,6H2,1H3,(H,18,21). The summed E-state index contributed by atoms with van der Waals surface area (Å²) in [5.74, 6) is 0.000675. The van der Waals surface area contributed by atoms with Gasteiger partial charge in [-0.1, -0.05) is 0 Å². The molecular formula is C15H13BrN4O2. The van der Waals surface area contributed by atoms with Gasteiger partial charge in [0.2, 0.25) is 0 Å². The van der Waals surface area contributed by atoms with Crippen molar-refractivity contribution in [3.8, 4) is 11.1 Å². The Balaban J connectivity index is 1.69. The van der Waals surface area contributed by atoms with Crippen molar-refractivity contribution in [1.82, 2.24) is 20.1 Å². The monoisotopic (exact) mass is 360 g/mol. The first kappa shape index (κ1) is 14.5. The Morgan fingerprint density at radius 3 is 2.86 bits per heavy atom. The zero-order valence-electron chi connectivity index (χ0n) is 11.8. The van der Waals surface area contributed by atoms with E-state index in [9.17, 15) is 4.79 Å². The zero-order chi connectivity index (χ0) is 15.5. The lowest BCUT2D eigenvalue weighted by Gasteiger charge is -2.05. The maximum atomic E-state index is 11.9. The molecule has 0 aliphatic heterocycles. The molecule has 0 saturated heterocycles. The molecule has 6 nitrogen and oxygen atoms in total. The zero-order valence-corrected chi connectivity index (χ0v) is 13.4. The largest absolute Gasteiger partial charge is 0.444 e. The number of amides is 1. The molecule has 3 rings (SSSR count). The molecule has 0 aliphatic rings. The van der Waals surface area contributed by atoms with Gasteiger partial charge in [0.1, 0.15) is 0 Å². The van der Waals surface area contributed by atoms with E-state index < -0.39 is 0 Å². The smallest absolute Gasteiger partial charge is 0.287 e. The second-order valence-electron chi connectivity index (χ2n) is 4.77. The summed E-state index contributed by atoms with van der Waals surface area (Å²) in [7, 11) is 1.86. The first-order valence-corrected chi connectivity index (χ1v) is 7.37. The van der Waals surface area contributed by atoms with Crippen LogP contribution < -0.4 is 5.32 Å². The number of hydrogen-bond acceptors (Lipinski definition) is 4. The quantitative estimate of drug-likeness (QED) is 0.776. The van der Waals surface area contributed by atoms with Crippen molar-refractivity contribution in [3.63, 3.8) is 0 Å². The van der Waals surface area contributed by atoms with E-state index in [0.29, 0.717) is 11.2 Å². The van der Waals surface area contributed by atoms with E-state index in [4.69, 9.17) is 4.42 Å². The number of hydrogen-bond donors (Lipinski definition) is 1. The van der Waals surface area contributed by atoms with Crippen molar-refractivity contribution >= 4 is 21.8 Å². The third kappa shape index (κ3) is 3.25. The Labute approximate surface area is 135 Å². The number of furan rings is 1. The molecule has 3 heterocycles. The minimum absolute atomic E-state index is 0.266. The van der Waals surface area contributed by atoms with Crippen LogP contribution in [-0.4, -0.2) is 20.7 Å². The number of aromatic nitrogens is 3.